The van der Waals surface area contributed by atoms with Crippen molar-refractivity contribution in [1.82, 2.24) is 4.90 Å². The molecule has 1 rings (SSSR count). The second-order valence-electron chi connectivity index (χ2n) is 5.80. The van der Waals surface area contributed by atoms with Crippen LogP contribution in [-0.2, 0) is 11.3 Å². The predicted molar refractivity (Wildman–Crippen MR) is 78.2 cm³/mol. The van der Waals surface area contributed by atoms with Crippen molar-refractivity contribution in [3.05, 3.63) is 34.9 Å². The smallest absolute Gasteiger partial charge is 0.308 e. The van der Waals surface area contributed by atoms with Crippen molar-refractivity contribution in [2.45, 2.75) is 34.2 Å². The van der Waals surface area contributed by atoms with Crippen LogP contribution in [0.2, 0.25) is 0 Å². The second-order valence-corrected chi connectivity index (χ2v) is 5.80. The van der Waals surface area contributed by atoms with Crippen LogP contribution in [0.5, 0.6) is 0 Å². The Hall–Kier alpha value is -1.35. The Morgan fingerprint density at radius 3 is 2.37 bits per heavy atom. The normalized spacial score (nSPS) is 13.0. The number of carboxylic acid groups (broad SMARTS) is 1. The molecule has 3 nitrogen and oxygen atoms in total. The summed E-state index contributed by atoms with van der Waals surface area (Å²) in [5.74, 6) is -0.863. The molecule has 0 amide bonds. The molecule has 106 valence electrons. The van der Waals surface area contributed by atoms with E-state index in [1.54, 1.807) is 0 Å². The first-order valence-electron chi connectivity index (χ1n) is 6.78. The zero-order valence-electron chi connectivity index (χ0n) is 12.6. The molecule has 0 aliphatic heterocycles. The number of nitrogens with zero attached hydrogens (tertiary/aromatic N) is 1. The van der Waals surface area contributed by atoms with Gasteiger partial charge in [0.05, 0.1) is 5.92 Å². The van der Waals surface area contributed by atoms with Crippen LogP contribution in [-0.4, -0.2) is 29.6 Å². The van der Waals surface area contributed by atoms with Crippen LogP contribution >= 0.6 is 0 Å². The van der Waals surface area contributed by atoms with E-state index in [0.717, 1.165) is 6.54 Å². The first kappa shape index (κ1) is 15.7. The van der Waals surface area contributed by atoms with Gasteiger partial charge in [-0.3, -0.25) is 4.79 Å². The van der Waals surface area contributed by atoms with E-state index in [-0.39, 0.29) is 11.8 Å². The molecular formula is C16H25NO2. The van der Waals surface area contributed by atoms with E-state index in [4.69, 9.17) is 0 Å². The molecule has 0 heterocycles. The van der Waals surface area contributed by atoms with Gasteiger partial charge in [0.1, 0.15) is 0 Å². The molecule has 19 heavy (non-hydrogen) atoms. The summed E-state index contributed by atoms with van der Waals surface area (Å²) in [5, 5.41) is 9.21. The van der Waals surface area contributed by atoms with Crippen LogP contribution in [0.3, 0.4) is 0 Å². The SMILES string of the molecule is Cc1ccc(CN(C)CC(C(=O)O)C(C)C)cc1C. The zero-order chi connectivity index (χ0) is 14.6. The van der Waals surface area contributed by atoms with E-state index >= 15 is 0 Å². The third-order valence-corrected chi connectivity index (χ3v) is 3.65. The summed E-state index contributed by atoms with van der Waals surface area (Å²) in [5.41, 5.74) is 3.81. The minimum absolute atomic E-state index is 0.153. The van der Waals surface area contributed by atoms with Crippen LogP contribution in [0.15, 0.2) is 18.2 Å². The van der Waals surface area contributed by atoms with E-state index in [0.29, 0.717) is 6.54 Å². The number of carbonyl (C=O) groups is 1. The average Bonchev–Trinajstić information content (AvgIpc) is 2.30. The molecule has 1 unspecified atom stereocenters. The van der Waals surface area contributed by atoms with Crippen LogP contribution in [0, 0.1) is 25.7 Å². The Morgan fingerprint density at radius 2 is 1.89 bits per heavy atom. The Balaban J connectivity index is 2.66. The van der Waals surface area contributed by atoms with Gasteiger partial charge in [-0.25, -0.2) is 0 Å². The summed E-state index contributed by atoms with van der Waals surface area (Å²) in [6.07, 6.45) is 0. The van der Waals surface area contributed by atoms with Crippen molar-refractivity contribution in [3.8, 4) is 0 Å². The van der Waals surface area contributed by atoms with E-state index < -0.39 is 5.97 Å². The highest BCUT2D eigenvalue weighted by Crippen LogP contribution is 2.15. The molecule has 1 aromatic carbocycles. The molecular weight excluding hydrogens is 238 g/mol. The average molecular weight is 263 g/mol. The molecule has 0 aliphatic rings. The number of hydrogen-bond donors (Lipinski definition) is 1. The molecule has 1 N–H and O–H groups in total. The van der Waals surface area contributed by atoms with Gasteiger partial charge in [-0.2, -0.15) is 0 Å². The molecule has 0 aromatic heterocycles. The predicted octanol–water partition coefficient (Wildman–Crippen LogP) is 3.09. The summed E-state index contributed by atoms with van der Waals surface area (Å²) in [6, 6.07) is 6.41. The summed E-state index contributed by atoms with van der Waals surface area (Å²) >= 11 is 0. The van der Waals surface area contributed by atoms with Crippen molar-refractivity contribution in [2.24, 2.45) is 11.8 Å². The van der Waals surface area contributed by atoms with Gasteiger partial charge in [0.25, 0.3) is 0 Å². The first-order valence-corrected chi connectivity index (χ1v) is 6.78. The maximum atomic E-state index is 11.2. The van der Waals surface area contributed by atoms with Gasteiger partial charge < -0.3 is 10.0 Å². The topological polar surface area (TPSA) is 40.5 Å². The molecule has 0 saturated carbocycles. The lowest BCUT2D eigenvalue weighted by Crippen LogP contribution is -2.33. The van der Waals surface area contributed by atoms with Crippen molar-refractivity contribution >= 4 is 5.97 Å². The molecule has 1 aromatic rings. The fourth-order valence-electron chi connectivity index (χ4n) is 2.19. The number of aliphatic carboxylic acids is 1. The van der Waals surface area contributed by atoms with Crippen LogP contribution in [0.4, 0.5) is 0 Å². The van der Waals surface area contributed by atoms with Gasteiger partial charge in [-0.05, 0) is 43.5 Å². The highest BCUT2D eigenvalue weighted by Gasteiger charge is 2.22. The van der Waals surface area contributed by atoms with E-state index in [1.165, 1.54) is 16.7 Å². The number of aryl methyl sites for hydroxylation is 2. The van der Waals surface area contributed by atoms with Gasteiger partial charge in [0.2, 0.25) is 0 Å². The van der Waals surface area contributed by atoms with Crippen molar-refractivity contribution in [3.63, 3.8) is 0 Å². The van der Waals surface area contributed by atoms with Crippen LogP contribution in [0.1, 0.15) is 30.5 Å². The lowest BCUT2D eigenvalue weighted by Gasteiger charge is -2.24. The van der Waals surface area contributed by atoms with E-state index in [9.17, 15) is 9.90 Å². The number of rotatable bonds is 6. The molecule has 0 radical (unpaired) electrons. The van der Waals surface area contributed by atoms with Gasteiger partial charge >= 0.3 is 5.97 Å². The summed E-state index contributed by atoms with van der Waals surface area (Å²) in [7, 11) is 1.98. The number of benzene rings is 1. The minimum Gasteiger partial charge on any atom is -0.481 e. The summed E-state index contributed by atoms with van der Waals surface area (Å²) in [4.78, 5) is 13.3. The molecule has 1 atom stereocenters. The van der Waals surface area contributed by atoms with Crippen molar-refractivity contribution < 1.29 is 9.90 Å². The van der Waals surface area contributed by atoms with Crippen LogP contribution in [0.25, 0.3) is 0 Å². The molecule has 0 fully saturated rings. The Labute approximate surface area is 116 Å². The van der Waals surface area contributed by atoms with Crippen molar-refractivity contribution in [2.75, 3.05) is 13.6 Å². The Kier molecular flexibility index (Phi) is 5.55. The molecule has 0 aliphatic carbocycles. The monoisotopic (exact) mass is 263 g/mol. The Bertz CT molecular complexity index is 440. The van der Waals surface area contributed by atoms with Gasteiger partial charge in [-0.1, -0.05) is 32.0 Å². The Morgan fingerprint density at radius 1 is 1.26 bits per heavy atom. The third-order valence-electron chi connectivity index (χ3n) is 3.65. The van der Waals surface area contributed by atoms with E-state index in [1.807, 2.05) is 20.9 Å². The fourth-order valence-corrected chi connectivity index (χ4v) is 2.19. The third kappa shape index (κ3) is 4.67. The largest absolute Gasteiger partial charge is 0.481 e. The highest BCUT2D eigenvalue weighted by atomic mass is 16.4. The minimum atomic E-state index is -0.707. The molecule has 0 bridgehead atoms. The molecule has 0 spiro atoms. The van der Waals surface area contributed by atoms with Gasteiger partial charge in [0, 0.05) is 13.1 Å². The summed E-state index contributed by atoms with van der Waals surface area (Å²) < 4.78 is 0. The fraction of sp³-hybridized carbons (Fsp3) is 0.562. The highest BCUT2D eigenvalue weighted by molar-refractivity contribution is 5.70. The number of hydrogen-bond acceptors (Lipinski definition) is 2. The number of carboxylic acids is 1. The molecule has 3 heteroatoms. The van der Waals surface area contributed by atoms with Crippen LogP contribution < -0.4 is 0 Å². The van der Waals surface area contributed by atoms with Gasteiger partial charge in [-0.15, -0.1) is 0 Å². The second kappa shape index (κ2) is 6.71. The van der Waals surface area contributed by atoms with Crippen molar-refractivity contribution in [1.29, 1.82) is 0 Å². The lowest BCUT2D eigenvalue weighted by molar-refractivity contribution is -0.144. The lowest BCUT2D eigenvalue weighted by atomic mass is 9.95. The standard InChI is InChI=1S/C16H25NO2/c1-11(2)15(16(18)19)10-17(5)9-14-7-6-12(3)13(4)8-14/h6-8,11,15H,9-10H2,1-5H3,(H,18,19). The van der Waals surface area contributed by atoms with Gasteiger partial charge in [0.15, 0.2) is 0 Å². The quantitative estimate of drug-likeness (QED) is 0.857. The first-order chi connectivity index (χ1) is 8.81. The van der Waals surface area contributed by atoms with E-state index in [2.05, 4.69) is 36.9 Å². The molecule has 0 saturated heterocycles. The summed E-state index contributed by atoms with van der Waals surface area (Å²) in [6.45, 7) is 9.50. The maximum absolute atomic E-state index is 11.2. The zero-order valence-corrected chi connectivity index (χ0v) is 12.6. The maximum Gasteiger partial charge on any atom is 0.308 e.